The number of anilines is 3. The first-order valence-electron chi connectivity index (χ1n) is 7.92. The highest BCUT2D eigenvalue weighted by atomic mass is 16.6. The molecule has 3 heterocycles. The van der Waals surface area contributed by atoms with Crippen LogP contribution in [0.5, 0.6) is 0 Å². The molecule has 0 unspecified atom stereocenters. The molecule has 132 valence electrons. The van der Waals surface area contributed by atoms with Gasteiger partial charge in [-0.2, -0.15) is 0 Å². The Morgan fingerprint density at radius 1 is 1.12 bits per heavy atom. The van der Waals surface area contributed by atoms with Crippen molar-refractivity contribution in [2.24, 2.45) is 0 Å². The van der Waals surface area contributed by atoms with Crippen LogP contribution in [0.1, 0.15) is 5.56 Å². The summed E-state index contributed by atoms with van der Waals surface area (Å²) in [7, 11) is 2.04. The average Bonchev–Trinajstić information content (AvgIpc) is 2.59. The summed E-state index contributed by atoms with van der Waals surface area (Å²) < 4.78 is 0. The van der Waals surface area contributed by atoms with E-state index in [0.717, 1.165) is 31.7 Å². The molecule has 2 aromatic heterocycles. The van der Waals surface area contributed by atoms with Crippen molar-refractivity contribution >= 4 is 23.1 Å². The van der Waals surface area contributed by atoms with Crippen LogP contribution < -0.4 is 10.7 Å². The normalized spacial score (nSPS) is 15.8. The van der Waals surface area contributed by atoms with Crippen molar-refractivity contribution in [2.75, 3.05) is 44.0 Å². The molecule has 2 aromatic rings. The fraction of sp³-hybridized carbons (Fsp3) is 0.400. The lowest BCUT2D eigenvalue weighted by molar-refractivity contribution is -0.383. The van der Waals surface area contributed by atoms with E-state index in [1.54, 1.807) is 12.3 Å². The van der Waals surface area contributed by atoms with E-state index in [-0.39, 0.29) is 17.3 Å². The van der Waals surface area contributed by atoms with Crippen molar-refractivity contribution in [3.8, 4) is 0 Å². The summed E-state index contributed by atoms with van der Waals surface area (Å²) >= 11 is 0. The Balaban J connectivity index is 1.83. The number of nitrogens with one attached hydrogen (secondary N) is 2. The van der Waals surface area contributed by atoms with E-state index < -0.39 is 4.92 Å². The molecule has 0 aromatic carbocycles. The van der Waals surface area contributed by atoms with Crippen molar-refractivity contribution in [2.45, 2.75) is 6.92 Å². The molecule has 2 N–H and O–H groups in total. The van der Waals surface area contributed by atoms with E-state index in [2.05, 4.69) is 30.6 Å². The van der Waals surface area contributed by atoms with E-state index in [4.69, 9.17) is 0 Å². The molecule has 10 heteroatoms. The van der Waals surface area contributed by atoms with Gasteiger partial charge < -0.3 is 10.2 Å². The van der Waals surface area contributed by atoms with Crippen molar-refractivity contribution in [3.05, 3.63) is 40.3 Å². The number of nitro groups is 1. The van der Waals surface area contributed by atoms with Crippen LogP contribution in [0.2, 0.25) is 0 Å². The van der Waals surface area contributed by atoms with Gasteiger partial charge in [0.15, 0.2) is 0 Å². The number of hydrogen-bond acceptors (Lipinski definition) is 9. The summed E-state index contributed by atoms with van der Waals surface area (Å²) in [4.78, 5) is 25.5. The maximum Gasteiger partial charge on any atom is 0.354 e. The minimum absolute atomic E-state index is 0.105. The van der Waals surface area contributed by atoms with E-state index in [0.29, 0.717) is 5.82 Å². The summed E-state index contributed by atoms with van der Waals surface area (Å²) in [6.45, 7) is 5.18. The molecule has 0 saturated carbocycles. The van der Waals surface area contributed by atoms with Gasteiger partial charge in [-0.05, 0) is 25.6 Å². The fourth-order valence-electron chi connectivity index (χ4n) is 2.46. The molecule has 10 nitrogen and oxygen atoms in total. The minimum atomic E-state index is -0.491. The third-order valence-electron chi connectivity index (χ3n) is 3.93. The zero-order valence-electron chi connectivity index (χ0n) is 14.1. The molecule has 25 heavy (non-hydrogen) atoms. The highest BCUT2D eigenvalue weighted by molar-refractivity contribution is 5.72. The standard InChI is InChI=1S/C15H20N8O2/c1-11-3-4-12(16-9-11)19-14-13(23(24)25)15(18-10-17-14)20-22-7-5-21(2)6-8-22/h3-4,9-10H,5-8H2,1-2H3,(H2,16,17,18,19,20). The molecule has 0 spiro atoms. The van der Waals surface area contributed by atoms with E-state index >= 15 is 0 Å². The molecule has 0 aliphatic carbocycles. The van der Waals surface area contributed by atoms with Gasteiger partial charge >= 0.3 is 5.69 Å². The maximum absolute atomic E-state index is 11.6. The zero-order valence-corrected chi connectivity index (χ0v) is 14.1. The van der Waals surface area contributed by atoms with Gasteiger partial charge in [-0.25, -0.2) is 20.0 Å². The summed E-state index contributed by atoms with van der Waals surface area (Å²) in [6.07, 6.45) is 2.97. The number of pyridine rings is 1. The largest absolute Gasteiger partial charge is 0.354 e. The number of rotatable bonds is 5. The lowest BCUT2D eigenvalue weighted by atomic mass is 10.3. The smallest absolute Gasteiger partial charge is 0.319 e. The first-order chi connectivity index (χ1) is 12.0. The van der Waals surface area contributed by atoms with Crippen molar-refractivity contribution in [3.63, 3.8) is 0 Å². The number of aromatic nitrogens is 3. The van der Waals surface area contributed by atoms with Gasteiger partial charge in [0.2, 0.25) is 11.6 Å². The Hall–Kier alpha value is -2.85. The molecular formula is C15H20N8O2. The van der Waals surface area contributed by atoms with Crippen LogP contribution in [0.25, 0.3) is 0 Å². The number of hydrogen-bond donors (Lipinski definition) is 2. The average molecular weight is 344 g/mol. The van der Waals surface area contributed by atoms with Gasteiger partial charge in [0, 0.05) is 32.4 Å². The van der Waals surface area contributed by atoms with Gasteiger partial charge in [-0.15, -0.1) is 0 Å². The summed E-state index contributed by atoms with van der Waals surface area (Å²) in [6, 6.07) is 3.61. The van der Waals surface area contributed by atoms with E-state index in [1.165, 1.54) is 6.33 Å². The number of piperazine rings is 1. The van der Waals surface area contributed by atoms with Gasteiger partial charge in [0.25, 0.3) is 0 Å². The van der Waals surface area contributed by atoms with Crippen molar-refractivity contribution < 1.29 is 4.92 Å². The number of likely N-dealkylation sites (N-methyl/N-ethyl adjacent to an activating group) is 1. The molecule has 0 bridgehead atoms. The monoisotopic (exact) mass is 344 g/mol. The van der Waals surface area contributed by atoms with Crippen LogP contribution in [-0.2, 0) is 0 Å². The Bertz CT molecular complexity index is 744. The Labute approximate surface area is 145 Å². The van der Waals surface area contributed by atoms with Crippen molar-refractivity contribution in [1.82, 2.24) is 24.9 Å². The van der Waals surface area contributed by atoms with Gasteiger partial charge in [0.1, 0.15) is 12.1 Å². The SMILES string of the molecule is Cc1ccc(Nc2ncnc(NN3CCN(C)CC3)c2[N+](=O)[O-])nc1. The molecule has 1 aliphatic rings. The minimum Gasteiger partial charge on any atom is -0.319 e. The van der Waals surface area contributed by atoms with E-state index in [1.807, 2.05) is 25.0 Å². The Kier molecular flexibility index (Phi) is 5.00. The maximum atomic E-state index is 11.6. The molecule has 0 radical (unpaired) electrons. The molecule has 1 aliphatic heterocycles. The highest BCUT2D eigenvalue weighted by Crippen LogP contribution is 2.31. The van der Waals surface area contributed by atoms with Crippen LogP contribution in [0.4, 0.5) is 23.1 Å². The summed E-state index contributed by atoms with van der Waals surface area (Å²) in [5.74, 6) is 0.755. The predicted octanol–water partition coefficient (Wildman–Crippen LogP) is 1.41. The molecular weight excluding hydrogens is 324 g/mol. The third-order valence-corrected chi connectivity index (χ3v) is 3.93. The zero-order chi connectivity index (χ0) is 17.8. The lowest BCUT2D eigenvalue weighted by Crippen LogP contribution is -2.47. The number of hydrazine groups is 1. The first kappa shape index (κ1) is 17.0. The molecule has 1 fully saturated rings. The Morgan fingerprint density at radius 2 is 1.84 bits per heavy atom. The third kappa shape index (κ3) is 4.17. The van der Waals surface area contributed by atoms with Crippen molar-refractivity contribution in [1.29, 1.82) is 0 Å². The predicted molar refractivity (Wildman–Crippen MR) is 93.6 cm³/mol. The quantitative estimate of drug-likeness (QED) is 0.614. The van der Waals surface area contributed by atoms with Crippen LogP contribution in [-0.4, -0.2) is 63.0 Å². The van der Waals surface area contributed by atoms with E-state index in [9.17, 15) is 10.1 Å². The van der Waals surface area contributed by atoms with Gasteiger partial charge in [-0.1, -0.05) is 6.07 Å². The van der Waals surface area contributed by atoms with Crippen LogP contribution >= 0.6 is 0 Å². The highest BCUT2D eigenvalue weighted by Gasteiger charge is 2.25. The summed E-state index contributed by atoms with van der Waals surface area (Å²) in [5, 5.41) is 16.4. The first-order valence-corrected chi connectivity index (χ1v) is 7.92. The van der Waals surface area contributed by atoms with Gasteiger partial charge in [-0.3, -0.25) is 15.5 Å². The van der Waals surface area contributed by atoms with Crippen LogP contribution in [0.3, 0.4) is 0 Å². The topological polar surface area (TPSA) is 112 Å². The second kappa shape index (κ2) is 7.36. The second-order valence-corrected chi connectivity index (χ2v) is 5.92. The second-order valence-electron chi connectivity index (χ2n) is 5.92. The lowest BCUT2D eigenvalue weighted by Gasteiger charge is -2.32. The summed E-state index contributed by atoms with van der Waals surface area (Å²) in [5.41, 5.74) is 3.84. The fourth-order valence-corrected chi connectivity index (χ4v) is 2.46. The molecule has 0 amide bonds. The number of nitrogens with zero attached hydrogens (tertiary/aromatic N) is 6. The van der Waals surface area contributed by atoms with Gasteiger partial charge in [0.05, 0.1) is 4.92 Å². The molecule has 3 rings (SSSR count). The Morgan fingerprint density at radius 3 is 2.48 bits per heavy atom. The molecule has 1 saturated heterocycles. The van der Waals surface area contributed by atoms with Crippen LogP contribution in [0.15, 0.2) is 24.7 Å². The number of aryl methyl sites for hydroxylation is 1. The molecule has 0 atom stereocenters. The van der Waals surface area contributed by atoms with Crippen LogP contribution in [0, 0.1) is 17.0 Å².